The summed E-state index contributed by atoms with van der Waals surface area (Å²) < 4.78 is 11.6. The van der Waals surface area contributed by atoms with E-state index < -0.39 is 12.6 Å². The van der Waals surface area contributed by atoms with Crippen molar-refractivity contribution in [3.63, 3.8) is 0 Å². The van der Waals surface area contributed by atoms with E-state index in [1.165, 1.54) is 0 Å². The lowest BCUT2D eigenvalue weighted by Gasteiger charge is -2.20. The van der Waals surface area contributed by atoms with E-state index in [1.54, 1.807) is 6.92 Å². The van der Waals surface area contributed by atoms with Gasteiger partial charge in [-0.2, -0.15) is 0 Å². The molecule has 0 fully saturated rings. The molecule has 0 saturated heterocycles. The molecule has 0 bridgehead atoms. The first-order valence-electron chi connectivity index (χ1n) is 11.1. The molecule has 2 atom stereocenters. The SMILES string of the molecule is CCCC(O)OC(C)Oc1ccccc1-c1nc(-c2ccccc2)nc(-c2ccccc2)n1. The number of rotatable bonds is 9. The van der Waals surface area contributed by atoms with Crippen LogP contribution in [0, 0.1) is 0 Å². The molecule has 1 aromatic heterocycles. The molecule has 0 amide bonds. The Labute approximate surface area is 193 Å². The molecule has 0 saturated carbocycles. The first-order chi connectivity index (χ1) is 16.1. The fraction of sp³-hybridized carbons (Fsp3) is 0.222. The lowest BCUT2D eigenvalue weighted by Crippen LogP contribution is -2.24. The zero-order valence-corrected chi connectivity index (χ0v) is 18.8. The Bertz CT molecular complexity index is 1110. The molecule has 4 aromatic rings. The molecule has 0 aliphatic rings. The Morgan fingerprint density at radius 2 is 1.24 bits per heavy atom. The van der Waals surface area contributed by atoms with Crippen molar-refractivity contribution >= 4 is 0 Å². The van der Waals surface area contributed by atoms with Crippen LogP contribution in [0.3, 0.4) is 0 Å². The lowest BCUT2D eigenvalue weighted by atomic mass is 10.1. The van der Waals surface area contributed by atoms with Gasteiger partial charge in [-0.25, -0.2) is 15.0 Å². The second kappa shape index (κ2) is 10.8. The fourth-order valence-corrected chi connectivity index (χ4v) is 3.43. The van der Waals surface area contributed by atoms with E-state index in [0.717, 1.165) is 23.1 Å². The van der Waals surface area contributed by atoms with Crippen molar-refractivity contribution in [1.82, 2.24) is 15.0 Å². The van der Waals surface area contributed by atoms with Gasteiger partial charge in [-0.1, -0.05) is 86.1 Å². The molecular formula is C27H27N3O3. The molecule has 1 N–H and O–H groups in total. The van der Waals surface area contributed by atoms with E-state index in [1.807, 2.05) is 91.9 Å². The molecule has 6 nitrogen and oxygen atoms in total. The summed E-state index contributed by atoms with van der Waals surface area (Å²) in [6, 6.07) is 27.2. The Morgan fingerprint density at radius 3 is 1.82 bits per heavy atom. The standard InChI is InChI=1S/C27H27N3O3/c1-3-12-24(31)33-19(2)32-23-18-11-10-17-22(23)27-29-25(20-13-6-4-7-14-20)28-26(30-27)21-15-8-5-9-16-21/h4-11,13-19,24,31H,3,12H2,1-2H3. The molecule has 0 spiro atoms. The Hall–Kier alpha value is -3.61. The van der Waals surface area contributed by atoms with Gasteiger partial charge in [0.1, 0.15) is 5.75 Å². The normalized spacial score (nSPS) is 12.8. The summed E-state index contributed by atoms with van der Waals surface area (Å²) in [5, 5.41) is 9.97. The van der Waals surface area contributed by atoms with Crippen LogP contribution in [-0.2, 0) is 4.74 Å². The minimum atomic E-state index is -0.872. The first kappa shape index (κ1) is 22.6. The third kappa shape index (κ3) is 5.80. The third-order valence-corrected chi connectivity index (χ3v) is 5.00. The summed E-state index contributed by atoms with van der Waals surface area (Å²) in [5.41, 5.74) is 2.52. The van der Waals surface area contributed by atoms with Gasteiger partial charge in [0.15, 0.2) is 30.1 Å². The number of hydrogen-bond acceptors (Lipinski definition) is 6. The Morgan fingerprint density at radius 1 is 0.727 bits per heavy atom. The van der Waals surface area contributed by atoms with Crippen molar-refractivity contribution in [3.05, 3.63) is 84.9 Å². The molecule has 0 aliphatic heterocycles. The minimum absolute atomic E-state index is 0.500. The number of para-hydroxylation sites is 1. The highest BCUT2D eigenvalue weighted by atomic mass is 16.7. The van der Waals surface area contributed by atoms with E-state index in [0.29, 0.717) is 29.6 Å². The van der Waals surface area contributed by atoms with Crippen molar-refractivity contribution in [2.24, 2.45) is 0 Å². The zero-order chi connectivity index (χ0) is 23.0. The minimum Gasteiger partial charge on any atom is -0.464 e. The van der Waals surface area contributed by atoms with Crippen LogP contribution >= 0.6 is 0 Å². The molecule has 1 heterocycles. The van der Waals surface area contributed by atoms with E-state index in [2.05, 4.69) is 0 Å². The second-order valence-electron chi connectivity index (χ2n) is 7.60. The van der Waals surface area contributed by atoms with Gasteiger partial charge >= 0.3 is 0 Å². The quantitative estimate of drug-likeness (QED) is 0.334. The van der Waals surface area contributed by atoms with Gasteiger partial charge in [-0.05, 0) is 25.5 Å². The summed E-state index contributed by atoms with van der Waals surface area (Å²) >= 11 is 0. The van der Waals surface area contributed by atoms with Crippen LogP contribution < -0.4 is 4.74 Å². The van der Waals surface area contributed by atoms with Crippen LogP contribution in [0.15, 0.2) is 84.9 Å². The van der Waals surface area contributed by atoms with Gasteiger partial charge in [0.05, 0.1) is 5.56 Å². The van der Waals surface area contributed by atoms with Crippen molar-refractivity contribution < 1.29 is 14.6 Å². The third-order valence-electron chi connectivity index (χ3n) is 5.00. The Kier molecular flexibility index (Phi) is 7.40. The van der Waals surface area contributed by atoms with Gasteiger partial charge < -0.3 is 14.6 Å². The molecule has 168 valence electrons. The van der Waals surface area contributed by atoms with Crippen LogP contribution in [-0.4, -0.2) is 32.6 Å². The average Bonchev–Trinajstić information content (AvgIpc) is 2.85. The van der Waals surface area contributed by atoms with Crippen molar-refractivity contribution in [1.29, 1.82) is 0 Å². The van der Waals surface area contributed by atoms with E-state index in [4.69, 9.17) is 24.4 Å². The molecule has 0 radical (unpaired) electrons. The van der Waals surface area contributed by atoms with Gasteiger partial charge in [-0.15, -0.1) is 0 Å². The number of aliphatic hydroxyl groups is 1. The number of ether oxygens (including phenoxy) is 2. The van der Waals surface area contributed by atoms with Crippen LogP contribution in [0.5, 0.6) is 5.75 Å². The largest absolute Gasteiger partial charge is 0.464 e. The predicted octanol–water partition coefficient (Wildman–Crippen LogP) is 5.73. The lowest BCUT2D eigenvalue weighted by molar-refractivity contribution is -0.190. The summed E-state index contributed by atoms with van der Waals surface area (Å²) in [6.07, 6.45) is -0.149. The molecule has 3 aromatic carbocycles. The second-order valence-corrected chi connectivity index (χ2v) is 7.60. The summed E-state index contributed by atoms with van der Waals surface area (Å²) in [4.78, 5) is 14.3. The van der Waals surface area contributed by atoms with Crippen molar-refractivity contribution in [3.8, 4) is 39.9 Å². The smallest absolute Gasteiger partial charge is 0.199 e. The number of aromatic nitrogens is 3. The van der Waals surface area contributed by atoms with Crippen molar-refractivity contribution in [2.45, 2.75) is 39.3 Å². The van der Waals surface area contributed by atoms with E-state index in [-0.39, 0.29) is 0 Å². The summed E-state index contributed by atoms with van der Waals surface area (Å²) in [5.74, 6) is 2.23. The number of aliphatic hydroxyl groups excluding tert-OH is 1. The summed E-state index contributed by atoms with van der Waals surface area (Å²) in [6.45, 7) is 3.75. The van der Waals surface area contributed by atoms with Crippen LogP contribution in [0.4, 0.5) is 0 Å². The number of hydrogen-bond donors (Lipinski definition) is 1. The van der Waals surface area contributed by atoms with Crippen LogP contribution in [0.25, 0.3) is 34.2 Å². The van der Waals surface area contributed by atoms with Crippen molar-refractivity contribution in [2.75, 3.05) is 0 Å². The van der Waals surface area contributed by atoms with Gasteiger partial charge in [0, 0.05) is 11.1 Å². The maximum absolute atomic E-state index is 9.97. The highest BCUT2D eigenvalue weighted by Crippen LogP contribution is 2.31. The van der Waals surface area contributed by atoms with Gasteiger partial charge in [-0.3, -0.25) is 0 Å². The molecule has 6 heteroatoms. The highest BCUT2D eigenvalue weighted by molar-refractivity contribution is 5.69. The molecule has 33 heavy (non-hydrogen) atoms. The fourth-order valence-electron chi connectivity index (χ4n) is 3.43. The number of benzene rings is 3. The molecule has 0 aliphatic carbocycles. The zero-order valence-electron chi connectivity index (χ0n) is 18.8. The predicted molar refractivity (Wildman–Crippen MR) is 128 cm³/mol. The summed E-state index contributed by atoms with van der Waals surface area (Å²) in [7, 11) is 0. The topological polar surface area (TPSA) is 77.4 Å². The van der Waals surface area contributed by atoms with Gasteiger partial charge in [0.2, 0.25) is 0 Å². The van der Waals surface area contributed by atoms with Gasteiger partial charge in [0.25, 0.3) is 0 Å². The van der Waals surface area contributed by atoms with E-state index >= 15 is 0 Å². The number of nitrogens with zero attached hydrogens (tertiary/aromatic N) is 3. The first-order valence-corrected chi connectivity index (χ1v) is 11.1. The maximum Gasteiger partial charge on any atom is 0.199 e. The molecule has 4 rings (SSSR count). The maximum atomic E-state index is 9.97. The average molecular weight is 442 g/mol. The monoisotopic (exact) mass is 441 g/mol. The molecular weight excluding hydrogens is 414 g/mol. The van der Waals surface area contributed by atoms with Crippen LogP contribution in [0.2, 0.25) is 0 Å². The highest BCUT2D eigenvalue weighted by Gasteiger charge is 2.17. The van der Waals surface area contributed by atoms with Crippen LogP contribution in [0.1, 0.15) is 26.7 Å². The van der Waals surface area contributed by atoms with E-state index in [9.17, 15) is 5.11 Å². The Balaban J connectivity index is 1.74. The molecule has 2 unspecified atom stereocenters.